The smallest absolute Gasteiger partial charge is 0.0489 e. The molecule has 0 radical (unpaired) electrons. The quantitative estimate of drug-likeness (QED) is 0.680. The van der Waals surface area contributed by atoms with Crippen molar-refractivity contribution in [2.45, 2.75) is 39.2 Å². The Morgan fingerprint density at radius 1 is 1.47 bits per heavy atom. The minimum Gasteiger partial charge on any atom is -0.381 e. The van der Waals surface area contributed by atoms with Gasteiger partial charge in [-0.3, -0.25) is 0 Å². The monoisotopic (exact) mass is 231 g/mol. The summed E-state index contributed by atoms with van der Waals surface area (Å²) in [7, 11) is 0. The van der Waals surface area contributed by atoms with E-state index in [1.807, 2.05) is 0 Å². The zero-order valence-electron chi connectivity index (χ0n) is 10.1. The number of rotatable bonds is 7. The number of nitrogens with one attached hydrogen (secondary N) is 1. The molecule has 1 saturated heterocycles. The predicted octanol–water partition coefficient (Wildman–Crippen LogP) is 2.53. The largest absolute Gasteiger partial charge is 0.381 e. The normalized spacial score (nSPS) is 22.2. The van der Waals surface area contributed by atoms with Crippen molar-refractivity contribution in [2.24, 2.45) is 5.92 Å². The van der Waals surface area contributed by atoms with E-state index in [-0.39, 0.29) is 0 Å². The fourth-order valence-electron chi connectivity index (χ4n) is 1.70. The van der Waals surface area contributed by atoms with Crippen molar-refractivity contribution >= 4 is 11.8 Å². The van der Waals surface area contributed by atoms with Crippen LogP contribution in [-0.2, 0) is 4.74 Å². The molecule has 90 valence electrons. The van der Waals surface area contributed by atoms with Crippen LogP contribution >= 0.6 is 11.8 Å². The van der Waals surface area contributed by atoms with Crippen LogP contribution in [0, 0.1) is 5.92 Å². The zero-order valence-corrected chi connectivity index (χ0v) is 10.9. The lowest BCUT2D eigenvalue weighted by molar-refractivity contribution is 0.107. The van der Waals surface area contributed by atoms with Gasteiger partial charge in [0.2, 0.25) is 0 Å². The molecule has 0 saturated carbocycles. The van der Waals surface area contributed by atoms with Crippen molar-refractivity contribution in [1.82, 2.24) is 5.32 Å². The molecule has 1 heterocycles. The SMILES string of the molecule is CC(C)COCCCNC1CCCSC1. The number of ether oxygens (including phenoxy) is 1. The molecule has 2 nitrogen and oxygen atoms in total. The van der Waals surface area contributed by atoms with Gasteiger partial charge in [-0.05, 0) is 37.5 Å². The Labute approximate surface area is 98.5 Å². The fourth-order valence-corrected chi connectivity index (χ4v) is 2.81. The molecule has 0 aromatic heterocycles. The molecule has 0 aromatic rings. The average molecular weight is 231 g/mol. The zero-order chi connectivity index (χ0) is 10.9. The van der Waals surface area contributed by atoms with Gasteiger partial charge in [-0.2, -0.15) is 11.8 Å². The Balaban J connectivity index is 1.83. The lowest BCUT2D eigenvalue weighted by Gasteiger charge is -2.22. The van der Waals surface area contributed by atoms with Gasteiger partial charge in [0.1, 0.15) is 0 Å². The summed E-state index contributed by atoms with van der Waals surface area (Å²) < 4.78 is 5.54. The van der Waals surface area contributed by atoms with Gasteiger partial charge in [-0.1, -0.05) is 13.8 Å². The van der Waals surface area contributed by atoms with Crippen LogP contribution in [0.15, 0.2) is 0 Å². The average Bonchev–Trinajstić information content (AvgIpc) is 2.24. The Morgan fingerprint density at radius 3 is 3.00 bits per heavy atom. The van der Waals surface area contributed by atoms with E-state index in [9.17, 15) is 0 Å². The molecule has 1 rings (SSSR count). The molecule has 1 fully saturated rings. The third kappa shape index (κ3) is 7.20. The second-order valence-corrected chi connectivity index (χ2v) is 5.84. The van der Waals surface area contributed by atoms with E-state index in [1.165, 1.54) is 24.3 Å². The van der Waals surface area contributed by atoms with Crippen molar-refractivity contribution in [1.29, 1.82) is 0 Å². The molecule has 1 N–H and O–H groups in total. The Bertz CT molecular complexity index is 147. The first-order valence-electron chi connectivity index (χ1n) is 6.18. The van der Waals surface area contributed by atoms with E-state index in [2.05, 4.69) is 30.9 Å². The van der Waals surface area contributed by atoms with E-state index >= 15 is 0 Å². The van der Waals surface area contributed by atoms with Crippen LogP contribution in [0.3, 0.4) is 0 Å². The van der Waals surface area contributed by atoms with Crippen LogP contribution in [0.5, 0.6) is 0 Å². The third-order valence-electron chi connectivity index (χ3n) is 2.51. The van der Waals surface area contributed by atoms with Crippen molar-refractivity contribution in [3.8, 4) is 0 Å². The summed E-state index contributed by atoms with van der Waals surface area (Å²) >= 11 is 2.08. The first-order valence-corrected chi connectivity index (χ1v) is 7.33. The molecule has 1 aliphatic heterocycles. The minimum absolute atomic E-state index is 0.660. The minimum atomic E-state index is 0.660. The van der Waals surface area contributed by atoms with Crippen molar-refractivity contribution in [3.63, 3.8) is 0 Å². The first-order chi connectivity index (χ1) is 7.29. The maximum absolute atomic E-state index is 5.54. The summed E-state index contributed by atoms with van der Waals surface area (Å²) in [5.41, 5.74) is 0. The molecule has 0 bridgehead atoms. The molecule has 0 aliphatic carbocycles. The molecule has 15 heavy (non-hydrogen) atoms. The van der Waals surface area contributed by atoms with E-state index in [0.29, 0.717) is 5.92 Å². The number of hydrogen-bond donors (Lipinski definition) is 1. The van der Waals surface area contributed by atoms with Crippen LogP contribution < -0.4 is 5.32 Å². The highest BCUT2D eigenvalue weighted by Crippen LogP contribution is 2.16. The van der Waals surface area contributed by atoms with E-state index in [0.717, 1.165) is 32.2 Å². The van der Waals surface area contributed by atoms with Gasteiger partial charge in [0.15, 0.2) is 0 Å². The molecule has 1 unspecified atom stereocenters. The molecule has 0 spiro atoms. The predicted molar refractivity (Wildman–Crippen MR) is 68.6 cm³/mol. The van der Waals surface area contributed by atoms with Crippen LogP contribution in [0.1, 0.15) is 33.1 Å². The highest BCUT2D eigenvalue weighted by Gasteiger charge is 2.11. The Morgan fingerprint density at radius 2 is 2.33 bits per heavy atom. The number of hydrogen-bond acceptors (Lipinski definition) is 3. The summed E-state index contributed by atoms with van der Waals surface area (Å²) in [6.45, 7) is 7.31. The Hall–Kier alpha value is 0.270. The molecule has 1 atom stereocenters. The van der Waals surface area contributed by atoms with Gasteiger partial charge >= 0.3 is 0 Å². The lowest BCUT2D eigenvalue weighted by Crippen LogP contribution is -2.34. The topological polar surface area (TPSA) is 21.3 Å². The van der Waals surface area contributed by atoms with Crippen LogP contribution in [0.2, 0.25) is 0 Å². The molecular formula is C12H25NOS. The van der Waals surface area contributed by atoms with Gasteiger partial charge in [-0.25, -0.2) is 0 Å². The van der Waals surface area contributed by atoms with E-state index < -0.39 is 0 Å². The molecular weight excluding hydrogens is 206 g/mol. The van der Waals surface area contributed by atoms with Crippen LogP contribution in [0.4, 0.5) is 0 Å². The molecule has 1 aliphatic rings. The van der Waals surface area contributed by atoms with E-state index in [1.54, 1.807) is 0 Å². The molecule has 3 heteroatoms. The second-order valence-electron chi connectivity index (χ2n) is 4.69. The highest BCUT2D eigenvalue weighted by atomic mass is 32.2. The van der Waals surface area contributed by atoms with Crippen LogP contribution in [-0.4, -0.2) is 37.3 Å². The van der Waals surface area contributed by atoms with Crippen LogP contribution in [0.25, 0.3) is 0 Å². The first kappa shape index (κ1) is 13.3. The fraction of sp³-hybridized carbons (Fsp3) is 1.00. The van der Waals surface area contributed by atoms with E-state index in [4.69, 9.17) is 4.74 Å². The summed E-state index contributed by atoms with van der Waals surface area (Å²) in [5.74, 6) is 3.32. The summed E-state index contributed by atoms with van der Waals surface area (Å²) in [6.07, 6.45) is 3.89. The summed E-state index contributed by atoms with van der Waals surface area (Å²) in [6, 6.07) is 0.758. The maximum atomic E-state index is 5.54. The summed E-state index contributed by atoms with van der Waals surface area (Å²) in [5, 5.41) is 3.61. The van der Waals surface area contributed by atoms with Gasteiger partial charge in [0.05, 0.1) is 0 Å². The van der Waals surface area contributed by atoms with Gasteiger partial charge in [0.25, 0.3) is 0 Å². The Kier molecular flexibility index (Phi) is 7.49. The van der Waals surface area contributed by atoms with Gasteiger partial charge in [0, 0.05) is 25.0 Å². The third-order valence-corrected chi connectivity index (χ3v) is 3.73. The lowest BCUT2D eigenvalue weighted by atomic mass is 10.2. The molecule has 0 amide bonds. The standard InChI is InChI=1S/C12H25NOS/c1-11(2)9-14-7-4-6-13-12-5-3-8-15-10-12/h11-13H,3-10H2,1-2H3. The van der Waals surface area contributed by atoms with Crippen molar-refractivity contribution in [2.75, 3.05) is 31.3 Å². The van der Waals surface area contributed by atoms with Gasteiger partial charge < -0.3 is 10.1 Å². The number of thioether (sulfide) groups is 1. The second kappa shape index (κ2) is 8.43. The highest BCUT2D eigenvalue weighted by molar-refractivity contribution is 7.99. The van der Waals surface area contributed by atoms with Crippen molar-refractivity contribution < 1.29 is 4.74 Å². The van der Waals surface area contributed by atoms with Crippen molar-refractivity contribution in [3.05, 3.63) is 0 Å². The molecule has 0 aromatic carbocycles. The maximum Gasteiger partial charge on any atom is 0.0489 e. The van der Waals surface area contributed by atoms with Gasteiger partial charge in [-0.15, -0.1) is 0 Å². The summed E-state index contributed by atoms with van der Waals surface area (Å²) in [4.78, 5) is 0.